The lowest BCUT2D eigenvalue weighted by molar-refractivity contribution is -0.137. The summed E-state index contributed by atoms with van der Waals surface area (Å²) < 4.78 is 39.9. The van der Waals surface area contributed by atoms with E-state index in [1.54, 1.807) is 7.05 Å². The first-order chi connectivity index (χ1) is 20.5. The number of hydrogen-bond donors (Lipinski definition) is 0. The third-order valence-electron chi connectivity index (χ3n) is 9.71. The number of piperidine rings is 2. The number of aromatic nitrogens is 1. The van der Waals surface area contributed by atoms with Crippen molar-refractivity contribution in [2.75, 3.05) is 38.1 Å². The van der Waals surface area contributed by atoms with E-state index in [2.05, 4.69) is 22.0 Å². The smallest absolute Gasteiger partial charge is 0.371 e. The number of anilines is 1. The van der Waals surface area contributed by atoms with Crippen molar-refractivity contribution >= 4 is 29.1 Å². The largest absolute Gasteiger partial charge is 0.416 e. The Kier molecular flexibility index (Phi) is 7.87. The highest BCUT2D eigenvalue weighted by Crippen LogP contribution is 2.43. The number of aryl methyl sites for hydroxylation is 1. The van der Waals surface area contributed by atoms with Crippen LogP contribution < -0.4 is 4.90 Å². The van der Waals surface area contributed by atoms with Gasteiger partial charge in [0.25, 0.3) is 11.8 Å². The minimum absolute atomic E-state index is 0.0209. The lowest BCUT2D eigenvalue weighted by Gasteiger charge is -2.47. The molecule has 0 bridgehead atoms. The topological polar surface area (TPSA) is 56.8 Å². The molecule has 2 aromatic carbocycles. The molecule has 0 N–H and O–H groups in total. The second-order valence-electron chi connectivity index (χ2n) is 12.1. The van der Waals surface area contributed by atoms with Crippen LogP contribution in [0.2, 0.25) is 5.02 Å². The summed E-state index contributed by atoms with van der Waals surface area (Å²) in [6.45, 7) is 3.42. The molecule has 3 aromatic rings. The summed E-state index contributed by atoms with van der Waals surface area (Å²) in [4.78, 5) is 36.9. The number of likely N-dealkylation sites (tertiary alicyclic amines) is 1. The van der Waals surface area contributed by atoms with Gasteiger partial charge in [-0.05, 0) is 97.5 Å². The monoisotopic (exact) mass is 610 g/mol. The average molecular weight is 611 g/mol. The van der Waals surface area contributed by atoms with Crippen molar-refractivity contribution in [2.24, 2.45) is 5.41 Å². The molecule has 43 heavy (non-hydrogen) atoms. The molecule has 226 valence electrons. The third kappa shape index (κ3) is 5.84. The molecule has 2 amide bonds. The van der Waals surface area contributed by atoms with Crippen molar-refractivity contribution in [3.63, 3.8) is 0 Å². The number of hydrogen-bond acceptors (Lipinski definition) is 4. The summed E-state index contributed by atoms with van der Waals surface area (Å²) in [6.07, 6.45) is 4.57. The van der Waals surface area contributed by atoms with Gasteiger partial charge in [-0.2, -0.15) is 13.2 Å². The number of pyridine rings is 1. The summed E-state index contributed by atoms with van der Waals surface area (Å²) in [6, 6.07) is 12.2. The van der Waals surface area contributed by atoms with Gasteiger partial charge in [0.2, 0.25) is 0 Å². The van der Waals surface area contributed by atoms with E-state index in [1.807, 2.05) is 35.5 Å². The molecule has 1 aliphatic carbocycles. The maximum atomic E-state index is 13.6. The molecule has 1 aromatic heterocycles. The number of fused-ring (bicyclic) bond motifs is 1. The molecule has 0 saturated carbocycles. The highest BCUT2D eigenvalue weighted by Gasteiger charge is 2.39. The highest BCUT2D eigenvalue weighted by atomic mass is 35.5. The van der Waals surface area contributed by atoms with E-state index in [9.17, 15) is 22.8 Å². The van der Waals surface area contributed by atoms with Gasteiger partial charge in [0.15, 0.2) is 0 Å². The number of amides is 2. The van der Waals surface area contributed by atoms with Crippen molar-refractivity contribution in [3.05, 3.63) is 93.8 Å². The molecule has 1 atom stereocenters. The van der Waals surface area contributed by atoms with E-state index in [-0.39, 0.29) is 28.0 Å². The molecule has 6 nitrogen and oxygen atoms in total. The zero-order valence-electron chi connectivity index (χ0n) is 24.0. The molecule has 2 fully saturated rings. The van der Waals surface area contributed by atoms with Crippen LogP contribution in [-0.4, -0.2) is 59.8 Å². The molecule has 2 saturated heterocycles. The van der Waals surface area contributed by atoms with Gasteiger partial charge < -0.3 is 14.7 Å². The van der Waals surface area contributed by atoms with Crippen LogP contribution in [0.15, 0.2) is 60.9 Å². The Bertz CT molecular complexity index is 1510. The van der Waals surface area contributed by atoms with Crippen LogP contribution in [0.25, 0.3) is 0 Å². The summed E-state index contributed by atoms with van der Waals surface area (Å²) >= 11 is 6.16. The number of halogens is 4. The quantitative estimate of drug-likeness (QED) is 0.318. The molecule has 1 unspecified atom stereocenters. The molecule has 6 rings (SSSR count). The second-order valence-corrected chi connectivity index (χ2v) is 12.5. The molecule has 1 spiro atoms. The molecule has 2 aliphatic heterocycles. The Balaban J connectivity index is 1.12. The SMILES string of the molecule is CN(C(=O)c1cc(C(F)(F)F)ccc1Cl)C1CCc2ccc(C(=O)N3CCC4(CC3)CCN(c3ccncc3)CC4)cc21. The zero-order chi connectivity index (χ0) is 30.4. The van der Waals surface area contributed by atoms with Crippen molar-refractivity contribution in [2.45, 2.75) is 50.7 Å². The lowest BCUT2D eigenvalue weighted by Crippen LogP contribution is -2.48. The summed E-state index contributed by atoms with van der Waals surface area (Å²) in [7, 11) is 1.58. The van der Waals surface area contributed by atoms with Crippen LogP contribution in [0.3, 0.4) is 0 Å². The summed E-state index contributed by atoms with van der Waals surface area (Å²) in [5, 5.41) is -0.0297. The van der Waals surface area contributed by atoms with E-state index in [0.717, 1.165) is 68.1 Å². The molecule has 3 heterocycles. The van der Waals surface area contributed by atoms with Crippen molar-refractivity contribution < 1.29 is 22.8 Å². The summed E-state index contributed by atoms with van der Waals surface area (Å²) in [5.74, 6) is -0.602. The Labute approximate surface area is 254 Å². The van der Waals surface area contributed by atoms with Gasteiger partial charge in [-0.3, -0.25) is 14.6 Å². The fourth-order valence-corrected chi connectivity index (χ4v) is 7.17. The molecule has 3 aliphatic rings. The lowest BCUT2D eigenvalue weighted by atomic mass is 9.71. The third-order valence-corrected chi connectivity index (χ3v) is 10.0. The molecular weight excluding hydrogens is 577 g/mol. The van der Waals surface area contributed by atoms with Crippen LogP contribution in [0, 0.1) is 5.41 Å². The minimum atomic E-state index is -4.58. The van der Waals surface area contributed by atoms with E-state index >= 15 is 0 Å². The Morgan fingerprint density at radius 1 is 0.953 bits per heavy atom. The first kappa shape index (κ1) is 29.5. The predicted molar refractivity (Wildman–Crippen MR) is 159 cm³/mol. The minimum Gasteiger partial charge on any atom is -0.371 e. The van der Waals surface area contributed by atoms with Crippen LogP contribution >= 0.6 is 11.6 Å². The number of alkyl halides is 3. The zero-order valence-corrected chi connectivity index (χ0v) is 24.8. The van der Waals surface area contributed by atoms with E-state index in [4.69, 9.17) is 11.6 Å². The molecule has 10 heteroatoms. The maximum absolute atomic E-state index is 13.6. The van der Waals surface area contributed by atoms with E-state index in [0.29, 0.717) is 31.5 Å². The number of benzene rings is 2. The van der Waals surface area contributed by atoms with Gasteiger partial charge in [-0.15, -0.1) is 0 Å². The van der Waals surface area contributed by atoms with Crippen LogP contribution in [-0.2, 0) is 12.6 Å². The second kappa shape index (κ2) is 11.5. The van der Waals surface area contributed by atoms with Crippen LogP contribution in [0.1, 0.15) is 75.6 Å². The number of carbonyl (C=O) groups excluding carboxylic acids is 2. The first-order valence-corrected chi connectivity index (χ1v) is 15.1. The van der Waals surface area contributed by atoms with Crippen LogP contribution in [0.4, 0.5) is 18.9 Å². The Morgan fingerprint density at radius 2 is 1.63 bits per heavy atom. The number of carbonyl (C=O) groups is 2. The summed E-state index contributed by atoms with van der Waals surface area (Å²) in [5.41, 5.74) is 2.84. The average Bonchev–Trinajstić information content (AvgIpc) is 3.44. The fourth-order valence-electron chi connectivity index (χ4n) is 6.97. The van der Waals surface area contributed by atoms with Gasteiger partial charge in [0, 0.05) is 56.9 Å². The van der Waals surface area contributed by atoms with Gasteiger partial charge >= 0.3 is 6.18 Å². The normalized spacial score (nSPS) is 19.8. The van der Waals surface area contributed by atoms with Gasteiger partial charge in [0.1, 0.15) is 0 Å². The number of nitrogens with zero attached hydrogens (tertiary/aromatic N) is 4. The maximum Gasteiger partial charge on any atom is 0.416 e. The fraction of sp³-hybridized carbons (Fsp3) is 0.424. The van der Waals surface area contributed by atoms with Gasteiger partial charge in [0.05, 0.1) is 22.2 Å². The van der Waals surface area contributed by atoms with Gasteiger partial charge in [-0.1, -0.05) is 17.7 Å². The van der Waals surface area contributed by atoms with Gasteiger partial charge in [-0.25, -0.2) is 0 Å². The number of rotatable bonds is 4. The molecular formula is C33H34ClF3N4O2. The standard InChI is InChI=1S/C33H34ClF3N4O2/c1-39(31(43)27-21-24(33(35,36)37)5-6-28(27)34)29-7-4-22-2-3-23(20-26(22)29)30(42)41-18-12-32(13-19-41)10-16-40(17-11-32)25-8-14-38-15-9-25/h2-3,5-6,8-9,14-15,20-21,29H,4,7,10-13,16-19H2,1H3. The van der Waals surface area contributed by atoms with E-state index < -0.39 is 17.6 Å². The van der Waals surface area contributed by atoms with Crippen molar-refractivity contribution in [1.82, 2.24) is 14.8 Å². The highest BCUT2D eigenvalue weighted by molar-refractivity contribution is 6.33. The first-order valence-electron chi connectivity index (χ1n) is 14.8. The molecule has 0 radical (unpaired) electrons. The Hall–Kier alpha value is -3.59. The van der Waals surface area contributed by atoms with Crippen molar-refractivity contribution in [1.29, 1.82) is 0 Å². The van der Waals surface area contributed by atoms with E-state index in [1.165, 1.54) is 10.6 Å². The van der Waals surface area contributed by atoms with Crippen LogP contribution in [0.5, 0.6) is 0 Å². The Morgan fingerprint density at radius 3 is 2.30 bits per heavy atom. The van der Waals surface area contributed by atoms with Crippen molar-refractivity contribution in [3.8, 4) is 0 Å². The predicted octanol–water partition coefficient (Wildman–Crippen LogP) is 7.04.